The number of rotatable bonds is 12. The number of aliphatic hydroxyl groups excluding tert-OH is 1. The average molecular weight is 612 g/mol. The Balaban J connectivity index is 1.34. The molecule has 2 aromatic carbocycles. The number of aliphatic hydroxyl groups is 1. The lowest BCUT2D eigenvalue weighted by Gasteiger charge is -2.29. The highest BCUT2D eigenvalue weighted by molar-refractivity contribution is 7.54. The highest BCUT2D eigenvalue weighted by Gasteiger charge is 2.52. The summed E-state index contributed by atoms with van der Waals surface area (Å²) in [6.45, 7) is 5.02. The third-order valence-corrected chi connectivity index (χ3v) is 8.74. The molecule has 0 amide bonds. The van der Waals surface area contributed by atoms with E-state index in [9.17, 15) is 19.3 Å². The van der Waals surface area contributed by atoms with E-state index in [-0.39, 0.29) is 26.3 Å². The van der Waals surface area contributed by atoms with E-state index < -0.39 is 42.7 Å². The summed E-state index contributed by atoms with van der Waals surface area (Å²) in [6.07, 6.45) is 1.14. The minimum Gasteiger partial charge on any atom is -0.378 e. The number of aromatic amines is 1. The van der Waals surface area contributed by atoms with Crippen molar-refractivity contribution in [2.45, 2.75) is 70.9 Å². The summed E-state index contributed by atoms with van der Waals surface area (Å²) in [7, 11) is -4.21. The van der Waals surface area contributed by atoms with Crippen LogP contribution in [0.3, 0.4) is 0 Å². The smallest absolute Gasteiger partial charge is 0.362 e. The largest absolute Gasteiger partial charge is 0.378 e. The van der Waals surface area contributed by atoms with E-state index in [1.807, 2.05) is 60.7 Å². The second-order valence-corrected chi connectivity index (χ2v) is 12.9. The van der Waals surface area contributed by atoms with Gasteiger partial charge in [-0.2, -0.15) is 0 Å². The lowest BCUT2D eigenvalue weighted by Crippen LogP contribution is -2.38. The maximum Gasteiger partial charge on any atom is 0.362 e. The standard InChI is InChI=1S/C29H34N5O8P/c1-20-14-33(28(37)30-26(20)35)15-23-16-34(32-31-23)17-24-25(42-29(2,3)41-24)27(36)43(38,39-18-21-10-6-4-7-11-21)40-19-22-12-8-5-9-13-22/h4-14,16,24-25,27,36H,15,17-19H2,1-3H3,(H,30,35,37)/t24-,25-,27+/m1/s1. The van der Waals surface area contributed by atoms with E-state index in [4.69, 9.17) is 18.5 Å². The Morgan fingerprint density at radius 3 is 2.21 bits per heavy atom. The summed E-state index contributed by atoms with van der Waals surface area (Å²) in [6, 6.07) is 18.3. The number of hydrogen-bond donors (Lipinski definition) is 2. The Labute approximate surface area is 247 Å². The van der Waals surface area contributed by atoms with Crippen LogP contribution in [0.4, 0.5) is 0 Å². The van der Waals surface area contributed by atoms with Gasteiger partial charge >= 0.3 is 13.3 Å². The van der Waals surface area contributed by atoms with Crippen molar-refractivity contribution in [3.63, 3.8) is 0 Å². The lowest BCUT2D eigenvalue weighted by atomic mass is 10.2. The van der Waals surface area contributed by atoms with Crippen LogP contribution in [0.2, 0.25) is 0 Å². The van der Waals surface area contributed by atoms with Gasteiger partial charge in [-0.25, -0.2) is 9.48 Å². The zero-order valence-corrected chi connectivity index (χ0v) is 24.9. The normalized spacial score (nSPS) is 19.0. The Kier molecular flexibility index (Phi) is 9.21. The predicted molar refractivity (Wildman–Crippen MR) is 155 cm³/mol. The molecule has 0 radical (unpaired) electrons. The second kappa shape index (κ2) is 12.9. The number of aromatic nitrogens is 5. The van der Waals surface area contributed by atoms with E-state index in [0.717, 1.165) is 11.1 Å². The van der Waals surface area contributed by atoms with Crippen molar-refractivity contribution in [1.82, 2.24) is 24.5 Å². The lowest BCUT2D eigenvalue weighted by molar-refractivity contribution is -0.152. The molecule has 3 heterocycles. The number of benzene rings is 2. The highest BCUT2D eigenvalue weighted by Crippen LogP contribution is 2.56. The molecule has 4 aromatic rings. The second-order valence-electron chi connectivity index (χ2n) is 10.7. The minimum atomic E-state index is -4.21. The van der Waals surface area contributed by atoms with E-state index in [1.165, 1.54) is 15.4 Å². The summed E-state index contributed by atoms with van der Waals surface area (Å²) in [4.78, 5) is 26.1. The molecule has 0 unspecified atom stereocenters. The molecule has 2 N–H and O–H groups in total. The number of aryl methyl sites for hydroxylation is 1. The summed E-state index contributed by atoms with van der Waals surface area (Å²) in [5.41, 5.74) is 1.33. The van der Waals surface area contributed by atoms with Gasteiger partial charge in [0.2, 0.25) is 0 Å². The zero-order chi connectivity index (χ0) is 30.6. The van der Waals surface area contributed by atoms with Gasteiger partial charge in [0.1, 0.15) is 17.9 Å². The Morgan fingerprint density at radius 2 is 1.60 bits per heavy atom. The van der Waals surface area contributed by atoms with Gasteiger partial charge in [-0.05, 0) is 31.9 Å². The molecule has 228 valence electrons. The monoisotopic (exact) mass is 611 g/mol. The van der Waals surface area contributed by atoms with Gasteiger partial charge in [0.05, 0.1) is 32.5 Å². The van der Waals surface area contributed by atoms with Crippen LogP contribution in [-0.2, 0) is 49.4 Å². The fourth-order valence-corrected chi connectivity index (χ4v) is 6.35. The molecule has 0 saturated carbocycles. The predicted octanol–water partition coefficient (Wildman–Crippen LogP) is 2.95. The molecule has 1 fully saturated rings. The van der Waals surface area contributed by atoms with Gasteiger partial charge in [-0.15, -0.1) is 5.10 Å². The molecule has 1 aliphatic heterocycles. The first kappa shape index (κ1) is 30.7. The summed E-state index contributed by atoms with van der Waals surface area (Å²) in [5.74, 6) is -2.82. The Morgan fingerprint density at radius 1 is 1.00 bits per heavy atom. The van der Waals surface area contributed by atoms with Gasteiger partial charge in [0.15, 0.2) is 11.6 Å². The summed E-state index contributed by atoms with van der Waals surface area (Å²) < 4.78 is 40.8. The van der Waals surface area contributed by atoms with Crippen LogP contribution in [0.5, 0.6) is 0 Å². The molecule has 1 aliphatic rings. The van der Waals surface area contributed by atoms with Gasteiger partial charge < -0.3 is 23.6 Å². The van der Waals surface area contributed by atoms with Crippen molar-refractivity contribution in [3.8, 4) is 0 Å². The SMILES string of the molecule is Cc1cn(Cc2cn(C[C@H]3OC(C)(C)O[C@H]3[C@@H](O)P(=O)(OCc3ccccc3)OCc3ccccc3)nn2)c(=O)[nH]c1=O. The first-order chi connectivity index (χ1) is 20.5. The van der Waals surface area contributed by atoms with Crippen molar-refractivity contribution < 1.29 is 28.2 Å². The zero-order valence-electron chi connectivity index (χ0n) is 24.0. The maximum absolute atomic E-state index is 14.2. The van der Waals surface area contributed by atoms with E-state index >= 15 is 0 Å². The van der Waals surface area contributed by atoms with Crippen molar-refractivity contribution in [1.29, 1.82) is 0 Å². The molecule has 0 aliphatic carbocycles. The highest BCUT2D eigenvalue weighted by atomic mass is 31.2. The third kappa shape index (κ3) is 7.63. The first-order valence-corrected chi connectivity index (χ1v) is 15.3. The molecular weight excluding hydrogens is 577 g/mol. The molecule has 2 aromatic heterocycles. The molecular formula is C29H34N5O8P. The Hall–Kier alpha value is -3.71. The van der Waals surface area contributed by atoms with Crippen molar-refractivity contribution in [2.75, 3.05) is 0 Å². The van der Waals surface area contributed by atoms with Crippen LogP contribution in [0.1, 0.15) is 36.2 Å². The first-order valence-electron chi connectivity index (χ1n) is 13.7. The van der Waals surface area contributed by atoms with Gasteiger partial charge in [-0.1, -0.05) is 65.9 Å². The number of hydrogen-bond acceptors (Lipinski definition) is 10. The molecule has 3 atom stereocenters. The molecule has 43 heavy (non-hydrogen) atoms. The van der Waals surface area contributed by atoms with E-state index in [1.54, 1.807) is 27.0 Å². The average Bonchev–Trinajstić information content (AvgIpc) is 3.56. The van der Waals surface area contributed by atoms with Crippen molar-refractivity contribution in [2.24, 2.45) is 0 Å². The van der Waals surface area contributed by atoms with Gasteiger partial charge in [0.25, 0.3) is 5.56 Å². The third-order valence-electron chi connectivity index (χ3n) is 6.82. The molecule has 13 nitrogen and oxygen atoms in total. The fourth-order valence-electron chi connectivity index (χ4n) is 4.70. The minimum absolute atomic E-state index is 0.0539. The van der Waals surface area contributed by atoms with E-state index in [2.05, 4.69) is 15.3 Å². The maximum atomic E-state index is 14.2. The van der Waals surface area contributed by atoms with Crippen LogP contribution < -0.4 is 11.2 Å². The fraction of sp³-hybridized carbons (Fsp3) is 0.379. The van der Waals surface area contributed by atoms with Crippen LogP contribution in [-0.4, -0.2) is 53.5 Å². The van der Waals surface area contributed by atoms with Crippen LogP contribution in [0.25, 0.3) is 0 Å². The summed E-state index contributed by atoms with van der Waals surface area (Å²) in [5, 5.41) is 19.8. The van der Waals surface area contributed by atoms with Crippen LogP contribution in [0, 0.1) is 6.92 Å². The number of ether oxygens (including phenoxy) is 2. The Bertz CT molecular complexity index is 1640. The molecule has 14 heteroatoms. The molecule has 0 bridgehead atoms. The quantitative estimate of drug-likeness (QED) is 0.228. The number of H-pyrrole nitrogens is 1. The van der Waals surface area contributed by atoms with Crippen molar-refractivity contribution >= 4 is 7.60 Å². The molecule has 0 spiro atoms. The topological polar surface area (TPSA) is 160 Å². The van der Waals surface area contributed by atoms with Crippen LogP contribution >= 0.6 is 7.60 Å². The molecule has 5 rings (SSSR count). The molecule has 1 saturated heterocycles. The van der Waals surface area contributed by atoms with Gasteiger partial charge in [0, 0.05) is 11.8 Å². The van der Waals surface area contributed by atoms with E-state index in [0.29, 0.717) is 11.3 Å². The summed E-state index contributed by atoms with van der Waals surface area (Å²) >= 11 is 0. The van der Waals surface area contributed by atoms with Crippen molar-refractivity contribution in [3.05, 3.63) is 116 Å². The van der Waals surface area contributed by atoms with Gasteiger partial charge in [-0.3, -0.25) is 18.9 Å². The number of nitrogens with one attached hydrogen (secondary N) is 1. The number of nitrogens with zero attached hydrogens (tertiary/aromatic N) is 4. The van der Waals surface area contributed by atoms with Crippen LogP contribution in [0.15, 0.2) is 82.6 Å².